The molecule has 1 fully saturated rings. The quantitative estimate of drug-likeness (QED) is 0.897. The van der Waals surface area contributed by atoms with Gasteiger partial charge in [0.1, 0.15) is 11.6 Å². The molecule has 2 aromatic rings. The maximum atomic E-state index is 12.8. The number of carbonyl (C=O) groups excluding carboxylic acids is 1. The average molecular weight is 337 g/mol. The molecule has 1 heterocycles. The molecule has 1 saturated carbocycles. The van der Waals surface area contributed by atoms with Crippen LogP contribution in [0.15, 0.2) is 28.6 Å². The fourth-order valence-electron chi connectivity index (χ4n) is 2.31. The molecule has 1 unspecified atom stereocenters. The third-order valence-corrected chi connectivity index (χ3v) is 5.79. The molecule has 0 radical (unpaired) electrons. The van der Waals surface area contributed by atoms with Gasteiger partial charge < -0.3 is 5.32 Å². The fraction of sp³-hybridized carbons (Fsp3) is 0.400. The first-order valence-corrected chi connectivity index (χ1v) is 8.91. The van der Waals surface area contributed by atoms with Gasteiger partial charge in [-0.3, -0.25) is 4.79 Å². The molecule has 1 atom stereocenters. The lowest BCUT2D eigenvalue weighted by molar-refractivity contribution is -0.119. The van der Waals surface area contributed by atoms with Crippen LogP contribution in [-0.4, -0.2) is 21.2 Å². The number of nitrogens with zero attached hydrogens (tertiary/aromatic N) is 2. The number of ketones is 1. The molecule has 1 aliphatic carbocycles. The van der Waals surface area contributed by atoms with Gasteiger partial charge in [-0.2, -0.15) is 0 Å². The lowest BCUT2D eigenvalue weighted by Gasteiger charge is -2.17. The van der Waals surface area contributed by atoms with Crippen LogP contribution in [0.4, 0.5) is 9.52 Å². The van der Waals surface area contributed by atoms with Gasteiger partial charge in [0.05, 0.1) is 5.25 Å². The van der Waals surface area contributed by atoms with E-state index in [1.165, 1.54) is 35.2 Å². The summed E-state index contributed by atoms with van der Waals surface area (Å²) in [5.74, 6) is 0.0859. The molecule has 3 rings (SSSR count). The molecule has 0 aliphatic heterocycles. The summed E-state index contributed by atoms with van der Waals surface area (Å²) in [5, 5.41) is 12.1. The minimum Gasteiger partial charge on any atom is -0.356 e. The molecule has 116 valence electrons. The highest BCUT2D eigenvalue weighted by Gasteiger charge is 2.24. The van der Waals surface area contributed by atoms with Gasteiger partial charge in [-0.25, -0.2) is 4.39 Å². The zero-order valence-electron chi connectivity index (χ0n) is 11.9. The van der Waals surface area contributed by atoms with Crippen molar-refractivity contribution in [2.75, 3.05) is 5.32 Å². The second kappa shape index (κ2) is 7.19. The van der Waals surface area contributed by atoms with E-state index >= 15 is 0 Å². The number of hydrogen-bond acceptors (Lipinski definition) is 6. The summed E-state index contributed by atoms with van der Waals surface area (Å²) >= 11 is 2.98. The summed E-state index contributed by atoms with van der Waals surface area (Å²) < 4.78 is 13.7. The van der Waals surface area contributed by atoms with Gasteiger partial charge in [-0.15, -0.1) is 10.2 Å². The van der Waals surface area contributed by atoms with Crippen molar-refractivity contribution >= 4 is 34.0 Å². The van der Waals surface area contributed by atoms with E-state index in [0.717, 1.165) is 34.3 Å². The number of benzene rings is 1. The smallest absolute Gasteiger partial charge is 0.206 e. The van der Waals surface area contributed by atoms with Gasteiger partial charge in [0.2, 0.25) is 5.13 Å². The highest BCUT2D eigenvalue weighted by molar-refractivity contribution is 8.02. The van der Waals surface area contributed by atoms with E-state index in [2.05, 4.69) is 15.5 Å². The van der Waals surface area contributed by atoms with Crippen molar-refractivity contribution in [2.24, 2.45) is 0 Å². The average Bonchev–Trinajstić information content (AvgIpc) is 2.97. The van der Waals surface area contributed by atoms with Crippen LogP contribution in [0.5, 0.6) is 0 Å². The second-order valence-electron chi connectivity index (χ2n) is 5.17. The minimum atomic E-state index is -0.240. The standard InChI is InChI=1S/C15H16FN3OS2/c16-11-7-5-10(6-8-11)9-17-14-18-19-15(22-14)21-13-4-2-1-3-12(13)20/h5-8,13H,1-4,9H2,(H,17,18). The molecule has 1 aromatic carbocycles. The molecule has 22 heavy (non-hydrogen) atoms. The SMILES string of the molecule is O=C1CCCCC1Sc1nnc(NCc2ccc(F)cc2)s1. The summed E-state index contributed by atoms with van der Waals surface area (Å²) in [5.41, 5.74) is 0.980. The summed E-state index contributed by atoms with van der Waals surface area (Å²) in [6.45, 7) is 0.571. The van der Waals surface area contributed by atoms with Crippen molar-refractivity contribution < 1.29 is 9.18 Å². The van der Waals surface area contributed by atoms with Gasteiger partial charge in [-0.05, 0) is 30.5 Å². The molecule has 4 nitrogen and oxygen atoms in total. The molecule has 0 saturated heterocycles. The van der Waals surface area contributed by atoms with E-state index in [-0.39, 0.29) is 11.1 Å². The van der Waals surface area contributed by atoms with E-state index in [1.807, 2.05) is 0 Å². The number of thioether (sulfide) groups is 1. The van der Waals surface area contributed by atoms with Crippen LogP contribution < -0.4 is 5.32 Å². The summed E-state index contributed by atoms with van der Waals surface area (Å²) in [7, 11) is 0. The predicted molar refractivity (Wildman–Crippen MR) is 86.8 cm³/mol. The largest absolute Gasteiger partial charge is 0.356 e. The Morgan fingerprint density at radius 3 is 2.86 bits per heavy atom. The van der Waals surface area contributed by atoms with E-state index in [4.69, 9.17) is 0 Å². The number of carbonyl (C=O) groups is 1. The first-order valence-electron chi connectivity index (χ1n) is 7.22. The Morgan fingerprint density at radius 1 is 1.27 bits per heavy atom. The Kier molecular flexibility index (Phi) is 5.04. The topological polar surface area (TPSA) is 54.9 Å². The highest BCUT2D eigenvalue weighted by atomic mass is 32.2. The van der Waals surface area contributed by atoms with Crippen LogP contribution >= 0.6 is 23.1 Å². The fourth-order valence-corrected chi connectivity index (χ4v) is 4.42. The number of Topliss-reactive ketones (excluding diaryl/α,β-unsaturated/α-hetero) is 1. The molecule has 1 aliphatic rings. The molecule has 0 spiro atoms. The van der Waals surface area contributed by atoms with Crippen LogP contribution in [0.1, 0.15) is 31.2 Å². The zero-order valence-corrected chi connectivity index (χ0v) is 13.6. The normalized spacial score (nSPS) is 18.4. The molecule has 7 heteroatoms. The summed E-state index contributed by atoms with van der Waals surface area (Å²) in [6, 6.07) is 6.35. The summed E-state index contributed by atoms with van der Waals surface area (Å²) in [4.78, 5) is 11.8. The van der Waals surface area contributed by atoms with E-state index in [0.29, 0.717) is 18.7 Å². The van der Waals surface area contributed by atoms with Crippen molar-refractivity contribution in [1.29, 1.82) is 0 Å². The summed E-state index contributed by atoms with van der Waals surface area (Å²) in [6.07, 6.45) is 3.74. The lowest BCUT2D eigenvalue weighted by atomic mass is 9.99. The number of halogens is 1. The third-order valence-electron chi connectivity index (χ3n) is 3.51. The van der Waals surface area contributed by atoms with Crippen molar-refractivity contribution in [3.63, 3.8) is 0 Å². The van der Waals surface area contributed by atoms with Crippen molar-refractivity contribution in [3.05, 3.63) is 35.6 Å². The Bertz CT molecular complexity index is 644. The lowest BCUT2D eigenvalue weighted by Crippen LogP contribution is -2.21. The molecule has 0 bridgehead atoms. The maximum Gasteiger partial charge on any atom is 0.206 e. The van der Waals surface area contributed by atoms with Crippen molar-refractivity contribution in [3.8, 4) is 0 Å². The first-order chi connectivity index (χ1) is 10.7. The van der Waals surface area contributed by atoms with Gasteiger partial charge in [0.25, 0.3) is 0 Å². The molecule has 1 aromatic heterocycles. The molecule has 0 amide bonds. The Morgan fingerprint density at radius 2 is 2.09 bits per heavy atom. The number of anilines is 1. The zero-order chi connectivity index (χ0) is 15.4. The van der Waals surface area contributed by atoms with Crippen LogP contribution in [0.25, 0.3) is 0 Å². The number of aromatic nitrogens is 2. The van der Waals surface area contributed by atoms with Crippen LogP contribution in [0.3, 0.4) is 0 Å². The Hall–Kier alpha value is -1.47. The molecule has 1 N–H and O–H groups in total. The highest BCUT2D eigenvalue weighted by Crippen LogP contribution is 2.34. The van der Waals surface area contributed by atoms with Gasteiger partial charge in [-0.1, -0.05) is 41.7 Å². The van der Waals surface area contributed by atoms with E-state index in [1.54, 1.807) is 12.1 Å². The molecular weight excluding hydrogens is 321 g/mol. The minimum absolute atomic E-state index is 0.0339. The van der Waals surface area contributed by atoms with Crippen molar-refractivity contribution in [2.45, 2.75) is 41.8 Å². The van der Waals surface area contributed by atoms with Gasteiger partial charge in [0, 0.05) is 13.0 Å². The van der Waals surface area contributed by atoms with Crippen LogP contribution in [0.2, 0.25) is 0 Å². The Balaban J connectivity index is 1.54. The van der Waals surface area contributed by atoms with E-state index in [9.17, 15) is 9.18 Å². The van der Waals surface area contributed by atoms with Crippen LogP contribution in [-0.2, 0) is 11.3 Å². The monoisotopic (exact) mass is 337 g/mol. The van der Waals surface area contributed by atoms with Gasteiger partial charge in [0.15, 0.2) is 4.34 Å². The van der Waals surface area contributed by atoms with Crippen molar-refractivity contribution in [1.82, 2.24) is 10.2 Å². The maximum absolute atomic E-state index is 12.8. The first kappa shape index (κ1) is 15.4. The molecular formula is C15H16FN3OS2. The third kappa shape index (κ3) is 4.04. The number of rotatable bonds is 5. The second-order valence-corrected chi connectivity index (χ2v) is 7.60. The number of nitrogens with one attached hydrogen (secondary N) is 1. The predicted octanol–water partition coefficient (Wildman–Crippen LogP) is 3.89. The Labute approximate surface area is 136 Å². The van der Waals surface area contributed by atoms with Crippen LogP contribution in [0, 0.1) is 5.82 Å². The van der Waals surface area contributed by atoms with Gasteiger partial charge >= 0.3 is 0 Å². The van der Waals surface area contributed by atoms with E-state index < -0.39 is 0 Å². The number of hydrogen-bond donors (Lipinski definition) is 1.